The van der Waals surface area contributed by atoms with E-state index in [4.69, 9.17) is 0 Å². The molecule has 3 aromatic rings. The number of carbonyl (C=O) groups excluding carboxylic acids is 1. The van der Waals surface area contributed by atoms with E-state index in [9.17, 15) is 9.18 Å². The Morgan fingerprint density at radius 3 is 2.75 bits per heavy atom. The Bertz CT molecular complexity index is 825. The van der Waals surface area contributed by atoms with Crippen molar-refractivity contribution in [2.24, 2.45) is 7.05 Å². The van der Waals surface area contributed by atoms with Gasteiger partial charge in [-0.1, -0.05) is 0 Å². The van der Waals surface area contributed by atoms with E-state index in [-0.39, 0.29) is 11.8 Å². The van der Waals surface area contributed by atoms with Gasteiger partial charge >= 0.3 is 6.03 Å². The molecule has 2 aromatic heterocycles. The number of nitrogens with one attached hydrogen (secondary N) is 2. The number of hydrogen-bond donors (Lipinski definition) is 2. The van der Waals surface area contributed by atoms with Gasteiger partial charge in [0.25, 0.3) is 0 Å². The van der Waals surface area contributed by atoms with Gasteiger partial charge in [0.1, 0.15) is 11.6 Å². The van der Waals surface area contributed by atoms with Crippen molar-refractivity contribution in [3.05, 3.63) is 66.8 Å². The van der Waals surface area contributed by atoms with E-state index in [1.54, 1.807) is 29.2 Å². The number of benzene rings is 1. The van der Waals surface area contributed by atoms with E-state index in [2.05, 4.69) is 15.6 Å². The van der Waals surface area contributed by atoms with Gasteiger partial charge in [-0.15, -0.1) is 0 Å². The molecule has 6 nitrogen and oxygen atoms in total. The largest absolute Gasteiger partial charge is 0.338 e. The normalized spacial score (nSPS) is 10.6. The van der Waals surface area contributed by atoms with Crippen molar-refractivity contribution in [3.8, 4) is 5.69 Å². The minimum absolute atomic E-state index is 0.339. The van der Waals surface area contributed by atoms with Crippen LogP contribution < -0.4 is 10.6 Å². The fourth-order valence-corrected chi connectivity index (χ4v) is 2.38. The fourth-order valence-electron chi connectivity index (χ4n) is 2.38. The van der Waals surface area contributed by atoms with Crippen LogP contribution in [0.15, 0.2) is 55.1 Å². The Balaban J connectivity index is 1.58. The minimum atomic E-state index is -0.355. The van der Waals surface area contributed by atoms with Crippen molar-refractivity contribution < 1.29 is 9.18 Å². The summed E-state index contributed by atoms with van der Waals surface area (Å²) in [4.78, 5) is 16.2. The van der Waals surface area contributed by atoms with Crippen molar-refractivity contribution in [1.82, 2.24) is 19.4 Å². The Labute approximate surface area is 138 Å². The number of nitrogens with zero attached hydrogens (tertiary/aromatic N) is 3. The molecule has 0 unspecified atom stereocenters. The second kappa shape index (κ2) is 6.99. The molecule has 0 bridgehead atoms. The van der Waals surface area contributed by atoms with Crippen LogP contribution in [0.1, 0.15) is 5.82 Å². The van der Waals surface area contributed by atoms with Crippen molar-refractivity contribution >= 4 is 11.7 Å². The number of rotatable bonds is 5. The van der Waals surface area contributed by atoms with Gasteiger partial charge in [-0.25, -0.2) is 14.2 Å². The van der Waals surface area contributed by atoms with Crippen LogP contribution in [-0.4, -0.2) is 26.7 Å². The first-order valence-electron chi connectivity index (χ1n) is 7.57. The number of carbonyl (C=O) groups is 1. The zero-order chi connectivity index (χ0) is 16.9. The Kier molecular flexibility index (Phi) is 4.60. The monoisotopic (exact) mass is 327 g/mol. The van der Waals surface area contributed by atoms with Crippen LogP contribution >= 0.6 is 0 Å². The molecule has 124 valence electrons. The summed E-state index contributed by atoms with van der Waals surface area (Å²) < 4.78 is 17.5. The molecule has 0 fully saturated rings. The first-order valence-corrected chi connectivity index (χ1v) is 7.57. The number of anilines is 1. The second-order valence-corrected chi connectivity index (χ2v) is 5.34. The summed E-state index contributed by atoms with van der Waals surface area (Å²) >= 11 is 0. The highest BCUT2D eigenvalue weighted by molar-refractivity contribution is 5.89. The van der Waals surface area contributed by atoms with Crippen LogP contribution in [0.3, 0.4) is 0 Å². The van der Waals surface area contributed by atoms with Gasteiger partial charge in [-0.05, 0) is 30.3 Å². The van der Waals surface area contributed by atoms with Crippen molar-refractivity contribution in [2.45, 2.75) is 6.42 Å². The van der Waals surface area contributed by atoms with Crippen LogP contribution in [0.4, 0.5) is 14.9 Å². The van der Waals surface area contributed by atoms with Crippen LogP contribution in [0.5, 0.6) is 0 Å². The number of aryl methyl sites for hydroxylation is 1. The zero-order valence-electron chi connectivity index (χ0n) is 13.2. The van der Waals surface area contributed by atoms with Crippen molar-refractivity contribution in [3.63, 3.8) is 0 Å². The summed E-state index contributed by atoms with van der Waals surface area (Å²) in [5.74, 6) is 0.541. The van der Waals surface area contributed by atoms with Gasteiger partial charge in [-0.2, -0.15) is 0 Å². The predicted molar refractivity (Wildman–Crippen MR) is 89.7 cm³/mol. The molecular weight excluding hydrogens is 309 g/mol. The predicted octanol–water partition coefficient (Wildman–Crippen LogP) is 2.71. The molecule has 1 aromatic carbocycles. The van der Waals surface area contributed by atoms with Gasteiger partial charge in [0, 0.05) is 50.5 Å². The second-order valence-electron chi connectivity index (χ2n) is 5.34. The van der Waals surface area contributed by atoms with Gasteiger partial charge in [0.2, 0.25) is 0 Å². The zero-order valence-corrected chi connectivity index (χ0v) is 13.2. The molecule has 0 spiro atoms. The van der Waals surface area contributed by atoms with Crippen molar-refractivity contribution in [2.75, 3.05) is 11.9 Å². The van der Waals surface area contributed by atoms with E-state index in [1.807, 2.05) is 29.9 Å². The Morgan fingerprint density at radius 1 is 1.25 bits per heavy atom. The highest BCUT2D eigenvalue weighted by Gasteiger charge is 2.08. The smallest absolute Gasteiger partial charge is 0.319 e. The molecule has 2 heterocycles. The lowest BCUT2D eigenvalue weighted by Crippen LogP contribution is -2.30. The lowest BCUT2D eigenvalue weighted by molar-refractivity contribution is 0.252. The average Bonchev–Trinajstić information content (AvgIpc) is 3.22. The molecule has 7 heteroatoms. The van der Waals surface area contributed by atoms with E-state index in [1.165, 1.54) is 12.1 Å². The highest BCUT2D eigenvalue weighted by Crippen LogP contribution is 2.18. The van der Waals surface area contributed by atoms with Gasteiger partial charge in [0.05, 0.1) is 5.69 Å². The maximum Gasteiger partial charge on any atom is 0.319 e. The molecule has 3 rings (SSSR count). The maximum atomic E-state index is 13.9. The summed E-state index contributed by atoms with van der Waals surface area (Å²) in [7, 11) is 1.91. The molecule has 0 saturated heterocycles. The summed E-state index contributed by atoms with van der Waals surface area (Å²) in [6, 6.07) is 7.73. The number of aromatic nitrogens is 3. The van der Waals surface area contributed by atoms with Gasteiger partial charge in [-0.3, -0.25) is 0 Å². The number of urea groups is 1. The van der Waals surface area contributed by atoms with E-state index < -0.39 is 0 Å². The fraction of sp³-hybridized carbons (Fsp3) is 0.176. The number of amides is 2. The molecule has 0 saturated carbocycles. The van der Waals surface area contributed by atoms with Crippen LogP contribution in [-0.2, 0) is 13.5 Å². The molecule has 0 atom stereocenters. The SMILES string of the molecule is Cn1ccnc1CCNC(=O)Nc1ccc(F)c(-n2cccc2)c1. The maximum absolute atomic E-state index is 13.9. The Morgan fingerprint density at radius 2 is 2.04 bits per heavy atom. The van der Waals surface area contributed by atoms with E-state index in [0.717, 1.165) is 5.82 Å². The van der Waals surface area contributed by atoms with Crippen LogP contribution in [0.2, 0.25) is 0 Å². The third-order valence-corrected chi connectivity index (χ3v) is 3.64. The first kappa shape index (κ1) is 15.8. The molecule has 2 amide bonds. The first-order chi connectivity index (χ1) is 11.6. The molecule has 0 radical (unpaired) electrons. The summed E-state index contributed by atoms with van der Waals surface area (Å²) in [6.07, 6.45) is 7.70. The Hall–Kier alpha value is -3.09. The number of halogens is 1. The highest BCUT2D eigenvalue weighted by atomic mass is 19.1. The third kappa shape index (κ3) is 3.62. The lowest BCUT2D eigenvalue weighted by atomic mass is 10.2. The molecule has 0 aliphatic rings. The molecular formula is C17H18FN5O. The van der Waals surface area contributed by atoms with E-state index >= 15 is 0 Å². The van der Waals surface area contributed by atoms with Crippen LogP contribution in [0, 0.1) is 5.82 Å². The number of imidazole rings is 1. The molecule has 0 aliphatic heterocycles. The summed E-state index contributed by atoms with van der Waals surface area (Å²) in [5.41, 5.74) is 0.903. The van der Waals surface area contributed by atoms with Crippen molar-refractivity contribution in [1.29, 1.82) is 0 Å². The topological polar surface area (TPSA) is 63.9 Å². The third-order valence-electron chi connectivity index (χ3n) is 3.64. The number of hydrogen-bond acceptors (Lipinski definition) is 2. The summed E-state index contributed by atoms with van der Waals surface area (Å²) in [5, 5.41) is 5.47. The minimum Gasteiger partial charge on any atom is -0.338 e. The van der Waals surface area contributed by atoms with E-state index in [0.29, 0.717) is 24.3 Å². The molecule has 0 aliphatic carbocycles. The standard InChI is InChI=1S/C17H18FN5O/c1-22-11-8-19-16(22)6-7-20-17(24)21-13-4-5-14(18)15(12-13)23-9-2-3-10-23/h2-5,8-12H,6-7H2,1H3,(H2,20,21,24). The average molecular weight is 327 g/mol. The van der Waals surface area contributed by atoms with Gasteiger partial charge < -0.3 is 19.8 Å². The summed E-state index contributed by atoms with van der Waals surface area (Å²) in [6.45, 7) is 0.461. The quantitative estimate of drug-likeness (QED) is 0.757. The molecule has 2 N–H and O–H groups in total. The molecule has 24 heavy (non-hydrogen) atoms. The van der Waals surface area contributed by atoms with Gasteiger partial charge in [0.15, 0.2) is 0 Å². The van der Waals surface area contributed by atoms with Crippen LogP contribution in [0.25, 0.3) is 5.69 Å². The lowest BCUT2D eigenvalue weighted by Gasteiger charge is -2.10.